The molecule has 8 aromatic carbocycles. The van der Waals surface area contributed by atoms with Crippen molar-refractivity contribution in [2.24, 2.45) is 0 Å². The first-order valence-electron chi connectivity index (χ1n) is 26.2. The van der Waals surface area contributed by atoms with Crippen LogP contribution in [0.25, 0.3) is 22.3 Å². The van der Waals surface area contributed by atoms with Gasteiger partial charge in [0.25, 0.3) is 0 Å². The van der Waals surface area contributed by atoms with E-state index in [0.717, 1.165) is 0 Å². The molecule has 0 aromatic heterocycles. The van der Waals surface area contributed by atoms with Gasteiger partial charge in [0.1, 0.15) is 0 Å². The van der Waals surface area contributed by atoms with E-state index in [4.69, 9.17) is 12.3 Å². The Kier molecular flexibility index (Phi) is 3.98. The molecule has 0 atom stereocenters. The Balaban J connectivity index is 1.76. The van der Waals surface area contributed by atoms with Crippen LogP contribution in [0.1, 0.15) is 28.8 Å². The molecule has 0 fully saturated rings. The molecule has 50 heavy (non-hydrogen) atoms. The summed E-state index contributed by atoms with van der Waals surface area (Å²) in [6.07, 6.45) is 0. The van der Waals surface area contributed by atoms with Crippen molar-refractivity contribution in [3.63, 3.8) is 0 Å². The second-order valence-corrected chi connectivity index (χ2v) is 22.9. The van der Waals surface area contributed by atoms with Gasteiger partial charge in [-0.15, -0.1) is 0 Å². The van der Waals surface area contributed by atoms with Crippen molar-refractivity contribution in [1.29, 1.82) is 0 Å². The van der Waals surface area contributed by atoms with E-state index in [1.165, 1.54) is 0 Å². The van der Waals surface area contributed by atoms with E-state index in [9.17, 15) is 16.4 Å². The molecule has 1 aliphatic heterocycles. The Morgan fingerprint density at radius 3 is 1.24 bits per heavy atom. The quantitative estimate of drug-likeness (QED) is 0.182. The summed E-state index contributed by atoms with van der Waals surface area (Å²) in [6.45, 7) is 0. The fraction of sp³-hybridized carbons (Fsp3) is 0. The molecule has 0 amide bonds. The predicted octanol–water partition coefficient (Wildman–Crippen LogP) is 6.09. The van der Waals surface area contributed by atoms with Gasteiger partial charge in [-0.2, -0.15) is 0 Å². The molecule has 2 heteroatoms. The molecule has 0 aliphatic carbocycles. The SMILES string of the molecule is [2H]c1c([2H])c([2H])c([Si]2(c3c([2H])c([2H])c([2H])c([2H])c3[2H])c3c([2H])c([2H])c([2H])c([2H])c3-c3c([2H])c([2H])c([2H])c([2H])c3-c3c([2H])[c]([Ge]([c]4ccccc4)([c]4ccccc4)[c]4ccccc4)c([2H])c([2H])c32)c([2H])c1[2H]. The van der Waals surface area contributed by atoms with Gasteiger partial charge in [-0.3, -0.25) is 0 Å². The van der Waals surface area contributed by atoms with Crippen molar-refractivity contribution in [2.75, 3.05) is 0 Å². The number of hydrogen-bond acceptors (Lipinski definition) is 0. The summed E-state index contributed by atoms with van der Waals surface area (Å²) in [5, 5.41) is -3.26. The number of fused-ring (bicyclic) bond motifs is 5. The first kappa shape index (κ1) is 15.6. The average Bonchev–Trinajstić information content (AvgIpc) is 3.49. The molecular formula is C48H36GeSi. The third kappa shape index (κ3) is 4.65. The van der Waals surface area contributed by atoms with Gasteiger partial charge in [-0.1, -0.05) is 0 Å². The fourth-order valence-corrected chi connectivity index (χ4v) is 20.7. The molecule has 0 radical (unpaired) electrons. The topological polar surface area (TPSA) is 0 Å². The first-order valence-corrected chi connectivity index (χ1v) is 21.9. The van der Waals surface area contributed by atoms with Crippen LogP contribution in [0.3, 0.4) is 0 Å². The molecule has 9 rings (SSSR count). The zero-order valence-corrected chi connectivity index (χ0v) is 29.3. The van der Waals surface area contributed by atoms with E-state index >= 15 is 0 Å². The van der Waals surface area contributed by atoms with Crippen molar-refractivity contribution in [3.8, 4) is 22.3 Å². The Bertz CT molecular complexity index is 3390. The van der Waals surface area contributed by atoms with Crippen molar-refractivity contribution in [3.05, 3.63) is 218 Å². The normalized spacial score (nSPS) is 18.8. The van der Waals surface area contributed by atoms with Gasteiger partial charge in [0.15, 0.2) is 0 Å². The third-order valence-electron chi connectivity index (χ3n) is 9.18. The van der Waals surface area contributed by atoms with Gasteiger partial charge in [0.2, 0.25) is 0 Å². The molecular weight excluding hydrogens is 677 g/mol. The summed E-state index contributed by atoms with van der Waals surface area (Å²) in [7, 11) is -6.12. The molecule has 1 aliphatic rings. The maximum absolute atomic E-state index is 10.9. The van der Waals surface area contributed by atoms with Crippen LogP contribution in [0.4, 0.5) is 0 Å². The summed E-state index contributed by atoms with van der Waals surface area (Å²) in [5.74, 6) is 0. The van der Waals surface area contributed by atoms with Crippen LogP contribution in [0.15, 0.2) is 218 Å². The Morgan fingerprint density at radius 2 is 0.740 bits per heavy atom. The van der Waals surface area contributed by atoms with Crippen LogP contribution in [-0.2, 0) is 0 Å². The zero-order chi connectivity index (χ0) is 51.7. The molecule has 0 N–H and O–H groups in total. The number of hydrogen-bond donors (Lipinski definition) is 0. The van der Waals surface area contributed by atoms with Crippen LogP contribution in [0, 0.1) is 0 Å². The molecule has 8 aromatic rings. The maximum atomic E-state index is 10.9. The Hall–Kier alpha value is -5.48. The van der Waals surface area contributed by atoms with E-state index in [2.05, 4.69) is 0 Å². The van der Waals surface area contributed by atoms with Crippen LogP contribution >= 0.6 is 0 Å². The van der Waals surface area contributed by atoms with Crippen LogP contribution in [-0.4, -0.2) is 21.3 Å². The third-order valence-corrected chi connectivity index (χ3v) is 23.1. The average molecular weight is 735 g/mol. The molecule has 0 bridgehead atoms. The zero-order valence-electron chi connectivity index (χ0n) is 47.2. The first-order chi connectivity index (χ1) is 33.5. The van der Waals surface area contributed by atoms with Crippen molar-refractivity contribution >= 4 is 59.7 Å². The summed E-state index contributed by atoms with van der Waals surface area (Å²) in [6, 6.07) is 6.57. The van der Waals surface area contributed by atoms with E-state index in [1.54, 1.807) is 54.6 Å². The van der Waals surface area contributed by atoms with Crippen molar-refractivity contribution < 1.29 is 28.8 Å². The van der Waals surface area contributed by atoms with Crippen LogP contribution < -0.4 is 38.3 Å². The van der Waals surface area contributed by atoms with Gasteiger partial charge in [-0.25, -0.2) is 0 Å². The second kappa shape index (κ2) is 12.8. The standard InChI is InChI=1S/C48H36GeSi/c1-6-20-37(21-7-1)49(38-22-8-2-9-23-38,39-24-10-3-11-25-39)40-34-35-48-46(36-40)44-31-17-16-30-43(44)45-32-18-19-33-47(45)50(48,41-26-12-4-13-27-41)42-28-14-5-15-29-42/h1-36H/i4D,5D,12D,13D,14D,15D,16D,17D,18D,19D,26D,27D,28D,29D,30D,31D,32D,33D,34D,35D,36D. The van der Waals surface area contributed by atoms with E-state index < -0.39 is 191 Å². The molecule has 0 spiro atoms. The van der Waals surface area contributed by atoms with E-state index in [1.807, 2.05) is 36.4 Å². The number of benzene rings is 8. The van der Waals surface area contributed by atoms with Gasteiger partial charge < -0.3 is 0 Å². The van der Waals surface area contributed by atoms with Gasteiger partial charge in [-0.05, 0) is 0 Å². The Labute approximate surface area is 328 Å². The molecule has 0 unspecified atom stereocenters. The van der Waals surface area contributed by atoms with Crippen molar-refractivity contribution in [2.45, 2.75) is 0 Å². The molecule has 0 nitrogen and oxygen atoms in total. The molecule has 236 valence electrons. The monoisotopic (exact) mass is 735 g/mol. The fourth-order valence-electron chi connectivity index (χ4n) is 7.15. The van der Waals surface area contributed by atoms with Crippen LogP contribution in [0.2, 0.25) is 0 Å². The predicted molar refractivity (Wildman–Crippen MR) is 218 cm³/mol. The summed E-state index contributed by atoms with van der Waals surface area (Å²) in [5.41, 5.74) is -2.62. The van der Waals surface area contributed by atoms with Crippen molar-refractivity contribution in [1.82, 2.24) is 0 Å². The minimum atomic E-state index is -6.12. The van der Waals surface area contributed by atoms with Gasteiger partial charge in [0.05, 0.1) is 0 Å². The Morgan fingerprint density at radius 1 is 0.340 bits per heavy atom. The summed E-state index contributed by atoms with van der Waals surface area (Å²) >= 11 is -5.07. The second-order valence-electron chi connectivity index (χ2n) is 11.6. The summed E-state index contributed by atoms with van der Waals surface area (Å²) in [4.78, 5) is 0. The molecule has 0 saturated heterocycles. The molecule has 1 heterocycles. The minimum absolute atomic E-state index is 0.0914. The van der Waals surface area contributed by atoms with E-state index in [-0.39, 0.29) is 4.40 Å². The molecule has 0 saturated carbocycles. The van der Waals surface area contributed by atoms with Crippen LogP contribution in [0.5, 0.6) is 0 Å². The summed E-state index contributed by atoms with van der Waals surface area (Å²) < 4.78 is 202. The number of rotatable bonds is 6. The van der Waals surface area contributed by atoms with Gasteiger partial charge >= 0.3 is 329 Å². The van der Waals surface area contributed by atoms with Gasteiger partial charge in [0, 0.05) is 0 Å². The van der Waals surface area contributed by atoms with E-state index in [0.29, 0.717) is 13.2 Å².